The average Bonchev–Trinajstić information content (AvgIpc) is 2.48. The van der Waals surface area contributed by atoms with Crippen LogP contribution >= 0.6 is 22.9 Å². The van der Waals surface area contributed by atoms with Crippen LogP contribution in [0.2, 0.25) is 4.34 Å². The van der Waals surface area contributed by atoms with E-state index in [1.807, 2.05) is 6.07 Å². The lowest BCUT2D eigenvalue weighted by Gasteiger charge is -2.44. The number of carboxylic acids is 1. The Bertz CT molecular complexity index is 403. The summed E-state index contributed by atoms with van der Waals surface area (Å²) in [4.78, 5) is 11.7. The molecule has 1 aromatic heterocycles. The van der Waals surface area contributed by atoms with Crippen molar-refractivity contribution < 1.29 is 14.6 Å². The van der Waals surface area contributed by atoms with Gasteiger partial charge in [-0.2, -0.15) is 0 Å². The van der Waals surface area contributed by atoms with Crippen LogP contribution in [0.25, 0.3) is 0 Å². The molecule has 0 spiro atoms. The molecule has 1 aromatic rings. The Kier molecular flexibility index (Phi) is 3.21. The van der Waals surface area contributed by atoms with E-state index < -0.39 is 12.0 Å². The molecule has 88 valence electrons. The van der Waals surface area contributed by atoms with E-state index in [2.05, 4.69) is 0 Å². The van der Waals surface area contributed by atoms with Crippen molar-refractivity contribution in [3.8, 4) is 0 Å². The summed E-state index contributed by atoms with van der Waals surface area (Å²) < 4.78 is 5.88. The molecule has 6 heteroatoms. The molecule has 0 radical (unpaired) electrons. The summed E-state index contributed by atoms with van der Waals surface area (Å²) in [5.41, 5.74) is 5.59. The number of thiophene rings is 1. The van der Waals surface area contributed by atoms with Crippen molar-refractivity contribution >= 4 is 28.9 Å². The number of carbonyl (C=O) groups is 1. The van der Waals surface area contributed by atoms with Gasteiger partial charge in [0.25, 0.3) is 0 Å². The Morgan fingerprint density at radius 1 is 1.69 bits per heavy atom. The molecule has 3 N–H and O–H groups in total. The van der Waals surface area contributed by atoms with E-state index in [1.54, 1.807) is 6.07 Å². The number of nitrogens with two attached hydrogens (primary N) is 1. The van der Waals surface area contributed by atoms with Gasteiger partial charge >= 0.3 is 5.97 Å². The molecule has 0 bridgehead atoms. The van der Waals surface area contributed by atoms with Gasteiger partial charge in [0, 0.05) is 10.9 Å². The molecular weight excluding hydrogens is 250 g/mol. The molecule has 1 aliphatic rings. The van der Waals surface area contributed by atoms with E-state index in [4.69, 9.17) is 27.2 Å². The van der Waals surface area contributed by atoms with E-state index in [9.17, 15) is 4.79 Å². The lowest BCUT2D eigenvalue weighted by molar-refractivity contribution is -0.140. The maximum absolute atomic E-state index is 10.7. The minimum atomic E-state index is -0.888. The van der Waals surface area contributed by atoms with Crippen LogP contribution in [-0.4, -0.2) is 30.3 Å². The molecule has 16 heavy (non-hydrogen) atoms. The summed E-state index contributed by atoms with van der Waals surface area (Å²) in [7, 11) is 0. The Balaban J connectivity index is 2.22. The van der Waals surface area contributed by atoms with Crippen molar-refractivity contribution in [1.29, 1.82) is 0 Å². The summed E-state index contributed by atoms with van der Waals surface area (Å²) in [5.74, 6) is -0.888. The van der Waals surface area contributed by atoms with Gasteiger partial charge < -0.3 is 15.6 Å². The fraction of sp³-hybridized carbons (Fsp3) is 0.500. The highest BCUT2D eigenvalue weighted by Gasteiger charge is 2.47. The minimum absolute atomic E-state index is 0.0567. The molecule has 2 heterocycles. The third kappa shape index (κ3) is 1.96. The second kappa shape index (κ2) is 4.33. The third-order valence-corrected chi connectivity index (χ3v) is 4.34. The summed E-state index contributed by atoms with van der Waals surface area (Å²) in [6, 6.07) is 3.26. The number of rotatable bonds is 4. The summed E-state index contributed by atoms with van der Waals surface area (Å²) in [6.07, 6.45) is -0.0567. The first-order valence-electron chi connectivity index (χ1n) is 4.85. The molecular formula is C10H12ClNO3S. The van der Waals surface area contributed by atoms with E-state index >= 15 is 0 Å². The number of hydrogen-bond acceptors (Lipinski definition) is 4. The van der Waals surface area contributed by atoms with Gasteiger partial charge in [-0.25, -0.2) is 0 Å². The topological polar surface area (TPSA) is 72.6 Å². The van der Waals surface area contributed by atoms with E-state index in [0.717, 1.165) is 4.88 Å². The van der Waals surface area contributed by atoms with Gasteiger partial charge in [0.05, 0.1) is 29.4 Å². The SMILES string of the molecule is NC(CC(=O)O)C1(c2ccc(Cl)s2)COC1. The lowest BCUT2D eigenvalue weighted by Crippen LogP contribution is -2.59. The molecule has 0 saturated carbocycles. The van der Waals surface area contributed by atoms with Gasteiger partial charge in [0.2, 0.25) is 0 Å². The van der Waals surface area contributed by atoms with Crippen molar-refractivity contribution in [2.75, 3.05) is 13.2 Å². The summed E-state index contributed by atoms with van der Waals surface area (Å²) in [5, 5.41) is 8.78. The zero-order valence-electron chi connectivity index (χ0n) is 8.48. The molecule has 4 nitrogen and oxygen atoms in total. The quantitative estimate of drug-likeness (QED) is 0.861. The first-order valence-corrected chi connectivity index (χ1v) is 6.05. The molecule has 0 aliphatic carbocycles. The Labute approximate surface area is 102 Å². The highest BCUT2D eigenvalue weighted by molar-refractivity contribution is 7.16. The van der Waals surface area contributed by atoms with Gasteiger partial charge in [0.15, 0.2) is 0 Å². The predicted octanol–water partition coefficient (Wildman–Crippen LogP) is 1.47. The van der Waals surface area contributed by atoms with Gasteiger partial charge in [-0.3, -0.25) is 4.79 Å². The lowest BCUT2D eigenvalue weighted by atomic mass is 9.76. The standard InChI is InChI=1S/C10H12ClNO3S/c11-8-2-1-7(16-8)10(4-15-5-10)6(12)3-9(13)14/h1-2,6H,3-5,12H2,(H,13,14). The van der Waals surface area contributed by atoms with Crippen LogP contribution in [0.15, 0.2) is 12.1 Å². The first-order chi connectivity index (χ1) is 7.54. The van der Waals surface area contributed by atoms with Gasteiger partial charge in [-0.05, 0) is 12.1 Å². The third-order valence-electron chi connectivity index (χ3n) is 2.89. The molecule has 1 saturated heterocycles. The molecule has 1 atom stereocenters. The monoisotopic (exact) mass is 261 g/mol. The highest BCUT2D eigenvalue weighted by Crippen LogP contribution is 2.41. The van der Waals surface area contributed by atoms with Crippen molar-refractivity contribution in [3.05, 3.63) is 21.3 Å². The number of aliphatic carboxylic acids is 1. The first kappa shape index (κ1) is 11.9. The fourth-order valence-electron chi connectivity index (χ4n) is 1.83. The summed E-state index contributed by atoms with van der Waals surface area (Å²) >= 11 is 7.32. The summed E-state index contributed by atoms with van der Waals surface area (Å²) in [6.45, 7) is 0.941. The van der Waals surface area contributed by atoms with Crippen molar-refractivity contribution in [1.82, 2.24) is 0 Å². The zero-order chi connectivity index (χ0) is 11.8. The Morgan fingerprint density at radius 2 is 2.38 bits per heavy atom. The van der Waals surface area contributed by atoms with Crippen LogP contribution < -0.4 is 5.73 Å². The van der Waals surface area contributed by atoms with Crippen LogP contribution in [0, 0.1) is 0 Å². The van der Waals surface area contributed by atoms with Crippen LogP contribution in [0.1, 0.15) is 11.3 Å². The molecule has 1 unspecified atom stereocenters. The number of halogens is 1. The number of carboxylic acid groups (broad SMARTS) is 1. The number of hydrogen-bond donors (Lipinski definition) is 2. The van der Waals surface area contributed by atoms with Gasteiger partial charge in [0.1, 0.15) is 0 Å². The molecule has 2 rings (SSSR count). The van der Waals surface area contributed by atoms with Crippen molar-refractivity contribution in [2.24, 2.45) is 5.73 Å². The fourth-order valence-corrected chi connectivity index (χ4v) is 3.09. The van der Waals surface area contributed by atoms with Crippen LogP contribution in [-0.2, 0) is 14.9 Å². The zero-order valence-corrected chi connectivity index (χ0v) is 10.1. The molecule has 1 aliphatic heterocycles. The largest absolute Gasteiger partial charge is 0.481 e. The average molecular weight is 262 g/mol. The second-order valence-electron chi connectivity index (χ2n) is 3.96. The normalized spacial score (nSPS) is 20.1. The maximum atomic E-state index is 10.7. The van der Waals surface area contributed by atoms with Crippen molar-refractivity contribution in [2.45, 2.75) is 17.9 Å². The maximum Gasteiger partial charge on any atom is 0.304 e. The van der Waals surface area contributed by atoms with Gasteiger partial charge in [-0.1, -0.05) is 11.6 Å². The van der Waals surface area contributed by atoms with Crippen molar-refractivity contribution in [3.63, 3.8) is 0 Å². The van der Waals surface area contributed by atoms with E-state index in [0.29, 0.717) is 17.6 Å². The second-order valence-corrected chi connectivity index (χ2v) is 5.67. The molecule has 1 fully saturated rings. The predicted molar refractivity (Wildman–Crippen MR) is 62.1 cm³/mol. The smallest absolute Gasteiger partial charge is 0.304 e. The number of ether oxygens (including phenoxy) is 1. The Hall–Kier alpha value is -0.620. The molecule has 0 amide bonds. The van der Waals surface area contributed by atoms with Gasteiger partial charge in [-0.15, -0.1) is 11.3 Å². The van der Waals surface area contributed by atoms with Crippen LogP contribution in [0.4, 0.5) is 0 Å². The molecule has 0 aromatic carbocycles. The van der Waals surface area contributed by atoms with E-state index in [1.165, 1.54) is 11.3 Å². The minimum Gasteiger partial charge on any atom is -0.481 e. The Morgan fingerprint density at radius 3 is 2.75 bits per heavy atom. The van der Waals surface area contributed by atoms with Crippen LogP contribution in [0.5, 0.6) is 0 Å². The highest BCUT2D eigenvalue weighted by atomic mass is 35.5. The van der Waals surface area contributed by atoms with Crippen LogP contribution in [0.3, 0.4) is 0 Å². The van der Waals surface area contributed by atoms with E-state index in [-0.39, 0.29) is 11.8 Å².